The fourth-order valence-corrected chi connectivity index (χ4v) is 1.90. The zero-order valence-electron chi connectivity index (χ0n) is 10.6. The van der Waals surface area contributed by atoms with Crippen LogP contribution < -0.4 is 5.32 Å². The molecule has 1 heterocycles. The first-order valence-electron chi connectivity index (χ1n) is 6.21. The highest BCUT2D eigenvalue weighted by molar-refractivity contribution is 4.81. The zero-order chi connectivity index (χ0) is 11.9. The molecule has 1 saturated heterocycles. The number of hydrogen-bond donors (Lipinski definition) is 1. The van der Waals surface area contributed by atoms with E-state index in [1.54, 1.807) is 0 Å². The molecule has 3 nitrogen and oxygen atoms in total. The summed E-state index contributed by atoms with van der Waals surface area (Å²) < 4.78 is 11.3. The van der Waals surface area contributed by atoms with E-state index in [4.69, 9.17) is 9.47 Å². The Balaban J connectivity index is 1.90. The van der Waals surface area contributed by atoms with E-state index in [2.05, 4.69) is 25.7 Å². The van der Waals surface area contributed by atoms with Crippen LogP contribution in [0, 0.1) is 0 Å². The quantitative estimate of drug-likeness (QED) is 0.509. The molecule has 0 aliphatic carbocycles. The van der Waals surface area contributed by atoms with Crippen LogP contribution in [0.3, 0.4) is 0 Å². The molecule has 3 heteroatoms. The van der Waals surface area contributed by atoms with Crippen LogP contribution in [0.1, 0.15) is 33.1 Å². The van der Waals surface area contributed by atoms with Crippen LogP contribution in [0.4, 0.5) is 0 Å². The standard InChI is InChI=1S/C13H25NO2/c1-4-5-9-15-10-8-14-11-12-6-7-13(2,3)16-12/h4,12,14H,1,5-11H2,2-3H3. The smallest absolute Gasteiger partial charge is 0.0707 e. The van der Waals surface area contributed by atoms with E-state index in [1.807, 2.05) is 6.08 Å². The van der Waals surface area contributed by atoms with Crippen molar-refractivity contribution in [2.75, 3.05) is 26.3 Å². The SMILES string of the molecule is C=CCCOCCNCC1CCC(C)(C)O1. The van der Waals surface area contributed by atoms with E-state index >= 15 is 0 Å². The van der Waals surface area contributed by atoms with Gasteiger partial charge >= 0.3 is 0 Å². The third-order valence-corrected chi connectivity index (χ3v) is 2.82. The average Bonchev–Trinajstić information content (AvgIpc) is 2.57. The van der Waals surface area contributed by atoms with Crippen molar-refractivity contribution in [3.8, 4) is 0 Å². The molecular weight excluding hydrogens is 202 g/mol. The molecule has 1 rings (SSSR count). The van der Waals surface area contributed by atoms with Gasteiger partial charge in [0.2, 0.25) is 0 Å². The van der Waals surface area contributed by atoms with Gasteiger partial charge in [0.05, 0.1) is 24.9 Å². The number of ether oxygens (including phenoxy) is 2. The molecule has 0 amide bonds. The maximum atomic E-state index is 5.88. The normalized spacial score (nSPS) is 23.5. The van der Waals surface area contributed by atoms with E-state index in [-0.39, 0.29) is 5.60 Å². The van der Waals surface area contributed by atoms with Crippen molar-refractivity contribution >= 4 is 0 Å². The Morgan fingerprint density at radius 2 is 2.31 bits per heavy atom. The van der Waals surface area contributed by atoms with Crippen LogP contribution in [-0.4, -0.2) is 38.0 Å². The maximum Gasteiger partial charge on any atom is 0.0707 e. The third kappa shape index (κ3) is 5.64. The van der Waals surface area contributed by atoms with Gasteiger partial charge in [-0.2, -0.15) is 0 Å². The molecule has 94 valence electrons. The molecule has 0 aromatic carbocycles. The summed E-state index contributed by atoms with van der Waals surface area (Å²) in [6.45, 7) is 11.3. The van der Waals surface area contributed by atoms with Gasteiger partial charge in [-0.1, -0.05) is 6.08 Å². The van der Waals surface area contributed by atoms with Gasteiger partial charge in [-0.05, 0) is 33.1 Å². The summed E-state index contributed by atoms with van der Waals surface area (Å²) >= 11 is 0. The molecule has 0 radical (unpaired) electrons. The van der Waals surface area contributed by atoms with Crippen molar-refractivity contribution < 1.29 is 9.47 Å². The molecule has 0 saturated carbocycles. The van der Waals surface area contributed by atoms with E-state index in [1.165, 1.54) is 0 Å². The topological polar surface area (TPSA) is 30.5 Å². The van der Waals surface area contributed by atoms with E-state index in [0.717, 1.165) is 45.6 Å². The average molecular weight is 227 g/mol. The Labute approximate surface area is 99.2 Å². The second-order valence-corrected chi connectivity index (χ2v) is 4.93. The van der Waals surface area contributed by atoms with Gasteiger partial charge in [0, 0.05) is 13.1 Å². The first kappa shape index (κ1) is 13.7. The summed E-state index contributed by atoms with van der Waals surface area (Å²) in [7, 11) is 0. The Bertz CT molecular complexity index is 204. The van der Waals surface area contributed by atoms with Gasteiger partial charge in [-0.25, -0.2) is 0 Å². The van der Waals surface area contributed by atoms with E-state index in [0.29, 0.717) is 6.10 Å². The molecule has 1 fully saturated rings. The summed E-state index contributed by atoms with van der Waals surface area (Å²) in [5.41, 5.74) is 0.0762. The van der Waals surface area contributed by atoms with Crippen LogP contribution in [0.5, 0.6) is 0 Å². The molecule has 0 spiro atoms. The molecular formula is C13H25NO2. The lowest BCUT2D eigenvalue weighted by Gasteiger charge is -2.19. The molecule has 0 aromatic rings. The molecule has 1 aliphatic heterocycles. The predicted octanol–water partition coefficient (Wildman–Crippen LogP) is 2.13. The maximum absolute atomic E-state index is 5.88. The zero-order valence-corrected chi connectivity index (χ0v) is 10.6. The Kier molecular flexibility index (Phi) is 6.03. The monoisotopic (exact) mass is 227 g/mol. The lowest BCUT2D eigenvalue weighted by Crippen LogP contribution is -2.31. The highest BCUT2D eigenvalue weighted by Crippen LogP contribution is 2.28. The Morgan fingerprint density at radius 3 is 2.94 bits per heavy atom. The largest absolute Gasteiger partial charge is 0.380 e. The lowest BCUT2D eigenvalue weighted by molar-refractivity contribution is -0.0146. The second kappa shape index (κ2) is 7.05. The van der Waals surface area contributed by atoms with Crippen LogP contribution in [0.25, 0.3) is 0 Å². The van der Waals surface area contributed by atoms with Crippen molar-refractivity contribution in [2.45, 2.75) is 44.8 Å². The first-order chi connectivity index (χ1) is 7.64. The van der Waals surface area contributed by atoms with Gasteiger partial charge in [0.15, 0.2) is 0 Å². The minimum atomic E-state index is 0.0762. The van der Waals surface area contributed by atoms with Crippen molar-refractivity contribution in [1.82, 2.24) is 5.32 Å². The van der Waals surface area contributed by atoms with Crippen molar-refractivity contribution in [3.05, 3.63) is 12.7 Å². The van der Waals surface area contributed by atoms with Gasteiger partial charge in [0.1, 0.15) is 0 Å². The summed E-state index contributed by atoms with van der Waals surface area (Å²) in [6.07, 6.45) is 5.51. The summed E-state index contributed by atoms with van der Waals surface area (Å²) in [5.74, 6) is 0. The first-order valence-corrected chi connectivity index (χ1v) is 6.21. The molecule has 1 aliphatic rings. The fraction of sp³-hybridized carbons (Fsp3) is 0.846. The van der Waals surface area contributed by atoms with Gasteiger partial charge in [-0.15, -0.1) is 6.58 Å². The molecule has 0 bridgehead atoms. The third-order valence-electron chi connectivity index (χ3n) is 2.82. The van der Waals surface area contributed by atoms with Crippen LogP contribution in [0.2, 0.25) is 0 Å². The molecule has 1 atom stereocenters. The highest BCUT2D eigenvalue weighted by atomic mass is 16.5. The van der Waals surface area contributed by atoms with Gasteiger partial charge < -0.3 is 14.8 Å². The van der Waals surface area contributed by atoms with Gasteiger partial charge in [-0.3, -0.25) is 0 Å². The predicted molar refractivity (Wildman–Crippen MR) is 66.7 cm³/mol. The molecule has 1 N–H and O–H groups in total. The van der Waals surface area contributed by atoms with Gasteiger partial charge in [0.25, 0.3) is 0 Å². The van der Waals surface area contributed by atoms with Crippen LogP contribution in [-0.2, 0) is 9.47 Å². The Morgan fingerprint density at radius 1 is 1.50 bits per heavy atom. The highest BCUT2D eigenvalue weighted by Gasteiger charge is 2.30. The number of hydrogen-bond acceptors (Lipinski definition) is 3. The van der Waals surface area contributed by atoms with E-state index in [9.17, 15) is 0 Å². The Hall–Kier alpha value is -0.380. The summed E-state index contributed by atoms with van der Waals surface area (Å²) in [6, 6.07) is 0. The van der Waals surface area contributed by atoms with Crippen molar-refractivity contribution in [2.24, 2.45) is 0 Å². The van der Waals surface area contributed by atoms with Crippen molar-refractivity contribution in [3.63, 3.8) is 0 Å². The minimum Gasteiger partial charge on any atom is -0.380 e. The van der Waals surface area contributed by atoms with Crippen molar-refractivity contribution in [1.29, 1.82) is 0 Å². The van der Waals surface area contributed by atoms with E-state index < -0.39 is 0 Å². The van der Waals surface area contributed by atoms with Crippen LogP contribution >= 0.6 is 0 Å². The van der Waals surface area contributed by atoms with Crippen LogP contribution in [0.15, 0.2) is 12.7 Å². The number of rotatable bonds is 8. The summed E-state index contributed by atoms with van der Waals surface area (Å²) in [4.78, 5) is 0. The summed E-state index contributed by atoms with van der Waals surface area (Å²) in [5, 5.41) is 3.37. The molecule has 1 unspecified atom stereocenters. The number of nitrogens with one attached hydrogen (secondary N) is 1. The molecule has 0 aromatic heterocycles. The fourth-order valence-electron chi connectivity index (χ4n) is 1.90. The molecule has 16 heavy (non-hydrogen) atoms. The minimum absolute atomic E-state index is 0.0762. The second-order valence-electron chi connectivity index (χ2n) is 4.93. The lowest BCUT2D eigenvalue weighted by atomic mass is 10.1.